The number of carbonyl (C=O) groups excluding carboxylic acids is 1. The van der Waals surface area contributed by atoms with Gasteiger partial charge in [0.05, 0.1) is 25.8 Å². The molecule has 4 rings (SSSR count). The topological polar surface area (TPSA) is 90.7 Å². The summed E-state index contributed by atoms with van der Waals surface area (Å²) in [5.41, 5.74) is 0.181. The Morgan fingerprint density at radius 1 is 1.14 bits per heavy atom. The first-order chi connectivity index (χ1) is 13.5. The van der Waals surface area contributed by atoms with Crippen LogP contribution < -0.4 is 4.74 Å². The summed E-state index contributed by atoms with van der Waals surface area (Å²) in [6.45, 7) is 0. The molecule has 1 aromatic heterocycles. The molecule has 0 saturated carbocycles. The highest BCUT2D eigenvalue weighted by atomic mass is 32.2. The van der Waals surface area contributed by atoms with Gasteiger partial charge in [0.25, 0.3) is 0 Å². The lowest BCUT2D eigenvalue weighted by molar-refractivity contribution is 0.0600. The molecule has 8 nitrogen and oxygen atoms in total. The third-order valence-corrected chi connectivity index (χ3v) is 7.71. The molecule has 28 heavy (non-hydrogen) atoms. The summed E-state index contributed by atoms with van der Waals surface area (Å²) in [6, 6.07) is 6.24. The van der Waals surface area contributed by atoms with Crippen molar-refractivity contribution in [2.75, 3.05) is 14.2 Å². The van der Waals surface area contributed by atoms with Gasteiger partial charge in [-0.3, -0.25) is 4.68 Å². The van der Waals surface area contributed by atoms with E-state index in [1.165, 1.54) is 32.4 Å². The minimum atomic E-state index is -3.83. The van der Waals surface area contributed by atoms with Crippen LogP contribution in [0.2, 0.25) is 0 Å². The van der Waals surface area contributed by atoms with E-state index in [9.17, 15) is 13.2 Å². The first-order valence-electron chi connectivity index (χ1n) is 9.24. The quantitative estimate of drug-likeness (QED) is 0.709. The van der Waals surface area contributed by atoms with E-state index < -0.39 is 16.0 Å². The maximum Gasteiger partial charge on any atom is 0.337 e. The van der Waals surface area contributed by atoms with Crippen LogP contribution in [0.25, 0.3) is 0 Å². The Labute approximate surface area is 164 Å². The number of hydrogen-bond donors (Lipinski definition) is 0. The van der Waals surface area contributed by atoms with Crippen molar-refractivity contribution in [2.45, 2.75) is 48.7 Å². The number of piperidine rings is 1. The van der Waals surface area contributed by atoms with E-state index in [4.69, 9.17) is 9.47 Å². The Bertz CT molecular complexity index is 959. The summed E-state index contributed by atoms with van der Waals surface area (Å²) in [5.74, 6) is -0.360. The molecule has 0 aliphatic carbocycles. The highest BCUT2D eigenvalue weighted by Crippen LogP contribution is 2.44. The van der Waals surface area contributed by atoms with Crippen LogP contribution in [0.5, 0.6) is 5.75 Å². The number of carbonyl (C=O) groups is 1. The minimum Gasteiger partial charge on any atom is -0.495 e. The Morgan fingerprint density at radius 2 is 1.86 bits per heavy atom. The molecule has 2 fully saturated rings. The van der Waals surface area contributed by atoms with E-state index in [-0.39, 0.29) is 34.3 Å². The second-order valence-electron chi connectivity index (χ2n) is 7.19. The molecule has 2 aliphatic rings. The van der Waals surface area contributed by atoms with Gasteiger partial charge >= 0.3 is 5.97 Å². The van der Waals surface area contributed by atoms with Gasteiger partial charge in [-0.15, -0.1) is 0 Å². The summed E-state index contributed by atoms with van der Waals surface area (Å²) in [5, 5.41) is 4.33. The Morgan fingerprint density at radius 3 is 2.43 bits per heavy atom. The molecule has 2 atom stereocenters. The molecule has 2 aromatic rings. The van der Waals surface area contributed by atoms with Crippen molar-refractivity contribution >= 4 is 16.0 Å². The number of aromatic nitrogens is 2. The summed E-state index contributed by atoms with van der Waals surface area (Å²) in [4.78, 5) is 11.9. The molecule has 1 aromatic carbocycles. The molecule has 2 aliphatic heterocycles. The molecular formula is C19H23N3O5S. The molecule has 2 saturated heterocycles. The van der Waals surface area contributed by atoms with Crippen LogP contribution in [0.15, 0.2) is 41.6 Å². The smallest absolute Gasteiger partial charge is 0.337 e. The van der Waals surface area contributed by atoms with Gasteiger partial charge in [-0.1, -0.05) is 0 Å². The van der Waals surface area contributed by atoms with Crippen molar-refractivity contribution in [1.82, 2.24) is 14.1 Å². The fourth-order valence-corrected chi connectivity index (χ4v) is 6.52. The lowest BCUT2D eigenvalue weighted by Crippen LogP contribution is -2.47. The molecular weight excluding hydrogens is 382 g/mol. The first-order valence-corrected chi connectivity index (χ1v) is 10.7. The zero-order chi connectivity index (χ0) is 19.9. The number of ether oxygens (including phenoxy) is 2. The molecule has 0 radical (unpaired) electrons. The van der Waals surface area contributed by atoms with E-state index in [1.807, 2.05) is 16.9 Å². The maximum atomic E-state index is 13.6. The third kappa shape index (κ3) is 3.08. The normalized spacial score (nSPS) is 24.9. The highest BCUT2D eigenvalue weighted by Gasteiger charge is 2.48. The number of fused-ring (bicyclic) bond motifs is 2. The van der Waals surface area contributed by atoms with Crippen molar-refractivity contribution in [3.8, 4) is 5.75 Å². The van der Waals surface area contributed by atoms with Crippen molar-refractivity contribution < 1.29 is 22.7 Å². The fraction of sp³-hybridized carbons (Fsp3) is 0.474. The Kier molecular flexibility index (Phi) is 4.88. The molecule has 2 unspecified atom stereocenters. The van der Waals surface area contributed by atoms with Crippen molar-refractivity contribution in [3.05, 3.63) is 42.2 Å². The molecule has 0 amide bonds. The van der Waals surface area contributed by atoms with Crippen LogP contribution >= 0.6 is 0 Å². The van der Waals surface area contributed by atoms with Crippen molar-refractivity contribution in [2.24, 2.45) is 0 Å². The lowest BCUT2D eigenvalue weighted by Gasteiger charge is -2.38. The minimum absolute atomic E-state index is 0.00680. The van der Waals surface area contributed by atoms with Gasteiger partial charge in [0, 0.05) is 24.5 Å². The van der Waals surface area contributed by atoms with Gasteiger partial charge in [-0.05, 0) is 49.9 Å². The molecule has 9 heteroatoms. The monoisotopic (exact) mass is 405 g/mol. The zero-order valence-electron chi connectivity index (χ0n) is 15.8. The van der Waals surface area contributed by atoms with Gasteiger partial charge in [-0.25, -0.2) is 13.2 Å². The predicted molar refractivity (Wildman–Crippen MR) is 101 cm³/mol. The third-order valence-electron chi connectivity index (χ3n) is 5.68. The van der Waals surface area contributed by atoms with E-state index in [0.29, 0.717) is 0 Å². The van der Waals surface area contributed by atoms with Crippen LogP contribution in [0.4, 0.5) is 0 Å². The van der Waals surface area contributed by atoms with Crippen LogP contribution in [0.1, 0.15) is 42.1 Å². The average molecular weight is 405 g/mol. The van der Waals surface area contributed by atoms with E-state index >= 15 is 0 Å². The summed E-state index contributed by atoms with van der Waals surface area (Å²) >= 11 is 0. The van der Waals surface area contributed by atoms with Crippen LogP contribution in [-0.2, 0) is 14.8 Å². The van der Waals surface area contributed by atoms with Crippen LogP contribution in [-0.4, -0.2) is 54.8 Å². The fourth-order valence-electron chi connectivity index (χ4n) is 4.45. The van der Waals surface area contributed by atoms with Gasteiger partial charge in [0.1, 0.15) is 10.6 Å². The predicted octanol–water partition coefficient (Wildman–Crippen LogP) is 2.24. The van der Waals surface area contributed by atoms with Crippen LogP contribution in [0.3, 0.4) is 0 Å². The average Bonchev–Trinajstić information content (AvgIpc) is 3.34. The number of methoxy groups -OCH3 is 2. The standard InChI is InChI=1S/C19H23N3O5S/c1-26-17-7-4-13(19(23)27-2)10-18(17)28(24,25)22-14-5-6-15(22)12-16(11-14)21-9-3-8-20-21/h3-4,7-10,14-16H,5-6,11-12H2,1-2H3. The molecule has 0 N–H and O–H groups in total. The lowest BCUT2D eigenvalue weighted by atomic mass is 10.00. The van der Waals surface area contributed by atoms with Crippen LogP contribution in [0, 0.1) is 0 Å². The largest absolute Gasteiger partial charge is 0.495 e. The Hall–Kier alpha value is -2.39. The van der Waals surface area contributed by atoms with E-state index in [0.717, 1.165) is 25.7 Å². The van der Waals surface area contributed by atoms with Crippen molar-refractivity contribution in [1.29, 1.82) is 0 Å². The summed E-state index contributed by atoms with van der Waals surface area (Å²) in [7, 11) is -1.14. The maximum absolute atomic E-state index is 13.6. The number of sulfonamides is 1. The van der Waals surface area contributed by atoms with Crippen molar-refractivity contribution in [3.63, 3.8) is 0 Å². The highest BCUT2D eigenvalue weighted by molar-refractivity contribution is 7.89. The number of hydrogen-bond acceptors (Lipinski definition) is 6. The van der Waals surface area contributed by atoms with Gasteiger partial charge in [0.2, 0.25) is 10.0 Å². The Balaban J connectivity index is 1.69. The zero-order valence-corrected chi connectivity index (χ0v) is 16.6. The molecule has 150 valence electrons. The van der Waals surface area contributed by atoms with Gasteiger partial charge in [-0.2, -0.15) is 9.40 Å². The second-order valence-corrected chi connectivity index (χ2v) is 9.00. The number of benzene rings is 1. The molecule has 3 heterocycles. The number of nitrogens with zero attached hydrogens (tertiary/aromatic N) is 3. The van der Waals surface area contributed by atoms with E-state index in [2.05, 4.69) is 5.10 Å². The summed E-state index contributed by atoms with van der Waals surface area (Å²) < 4.78 is 40.7. The second kappa shape index (κ2) is 7.21. The van der Waals surface area contributed by atoms with E-state index in [1.54, 1.807) is 10.5 Å². The molecule has 2 bridgehead atoms. The number of rotatable bonds is 5. The number of esters is 1. The summed E-state index contributed by atoms with van der Waals surface area (Å²) in [6.07, 6.45) is 6.75. The SMILES string of the molecule is COC(=O)c1ccc(OC)c(S(=O)(=O)N2C3CCC2CC(n2cccn2)C3)c1. The molecule has 0 spiro atoms. The van der Waals surface area contributed by atoms with Gasteiger partial charge < -0.3 is 9.47 Å². The first kappa shape index (κ1) is 18.9. The van der Waals surface area contributed by atoms with Gasteiger partial charge in [0.15, 0.2) is 0 Å².